The fourth-order valence-electron chi connectivity index (χ4n) is 1.44. The molecule has 0 saturated carbocycles. The van der Waals surface area contributed by atoms with Gasteiger partial charge in [0.1, 0.15) is 5.75 Å². The van der Waals surface area contributed by atoms with Crippen LogP contribution >= 0.6 is 11.6 Å². The topological polar surface area (TPSA) is 30.5 Å². The second-order valence-electron chi connectivity index (χ2n) is 3.97. The zero-order chi connectivity index (χ0) is 13.5. The Balaban J connectivity index is 2.56. The van der Waals surface area contributed by atoms with Crippen LogP contribution in [0.15, 0.2) is 18.2 Å². The van der Waals surface area contributed by atoms with Gasteiger partial charge in [0.2, 0.25) is 0 Å². The fourth-order valence-corrected chi connectivity index (χ4v) is 1.66. The summed E-state index contributed by atoms with van der Waals surface area (Å²) >= 11 is 5.83. The summed E-state index contributed by atoms with van der Waals surface area (Å²) in [6.07, 6.45) is 0. The number of hydrogen-bond acceptors (Lipinski definition) is 3. The number of ether oxygens (including phenoxy) is 2. The van der Waals surface area contributed by atoms with Crippen LogP contribution in [-0.4, -0.2) is 26.9 Å². The van der Waals surface area contributed by atoms with Crippen LogP contribution in [0.4, 0.5) is 14.5 Å². The molecule has 0 aliphatic carbocycles. The monoisotopic (exact) mass is 279 g/mol. The number of halogens is 3. The highest BCUT2D eigenvalue weighted by Gasteiger charge is 2.09. The lowest BCUT2D eigenvalue weighted by Gasteiger charge is -2.13. The van der Waals surface area contributed by atoms with Crippen LogP contribution in [0.3, 0.4) is 0 Å². The van der Waals surface area contributed by atoms with Crippen molar-refractivity contribution in [2.24, 2.45) is 5.92 Å². The van der Waals surface area contributed by atoms with E-state index in [1.807, 2.05) is 6.92 Å². The van der Waals surface area contributed by atoms with Crippen molar-refractivity contribution >= 4 is 17.3 Å². The summed E-state index contributed by atoms with van der Waals surface area (Å²) in [5.41, 5.74) is 0.754. The summed E-state index contributed by atoms with van der Waals surface area (Å²) in [5, 5.41) is 3.30. The van der Waals surface area contributed by atoms with Crippen LogP contribution in [0, 0.1) is 5.92 Å². The maximum atomic E-state index is 12.0. The Hall–Kier alpha value is -1.07. The van der Waals surface area contributed by atoms with Gasteiger partial charge < -0.3 is 14.8 Å². The first-order valence-electron chi connectivity index (χ1n) is 5.50. The number of methoxy groups -OCH3 is 1. The van der Waals surface area contributed by atoms with E-state index in [2.05, 4.69) is 10.1 Å². The molecule has 1 N–H and O–H groups in total. The molecular weight excluding hydrogens is 264 g/mol. The molecule has 1 aromatic carbocycles. The predicted molar refractivity (Wildman–Crippen MR) is 67.6 cm³/mol. The van der Waals surface area contributed by atoms with E-state index >= 15 is 0 Å². The summed E-state index contributed by atoms with van der Waals surface area (Å²) in [5.74, 6) is 0.313. The molecule has 0 spiro atoms. The zero-order valence-corrected chi connectivity index (χ0v) is 11.0. The number of hydrogen-bond donors (Lipinski definition) is 1. The van der Waals surface area contributed by atoms with Gasteiger partial charge in [-0.3, -0.25) is 0 Å². The molecule has 3 nitrogen and oxygen atoms in total. The van der Waals surface area contributed by atoms with Gasteiger partial charge in [-0.2, -0.15) is 8.78 Å². The number of anilines is 1. The van der Waals surface area contributed by atoms with E-state index in [4.69, 9.17) is 16.3 Å². The fraction of sp³-hybridized carbons (Fsp3) is 0.500. The lowest BCUT2D eigenvalue weighted by atomic mass is 10.2. The minimum absolute atomic E-state index is 0.0258. The number of alkyl halides is 2. The molecule has 1 unspecified atom stereocenters. The number of rotatable bonds is 7. The Morgan fingerprint density at radius 2 is 2.11 bits per heavy atom. The molecule has 6 heteroatoms. The molecule has 0 aliphatic rings. The Morgan fingerprint density at radius 1 is 1.39 bits per heavy atom. The molecule has 1 atom stereocenters. The van der Waals surface area contributed by atoms with Crippen LogP contribution in [0.1, 0.15) is 6.92 Å². The van der Waals surface area contributed by atoms with Gasteiger partial charge in [0.05, 0.1) is 11.6 Å². The van der Waals surface area contributed by atoms with Crippen molar-refractivity contribution in [1.29, 1.82) is 0 Å². The van der Waals surface area contributed by atoms with Crippen molar-refractivity contribution in [3.05, 3.63) is 23.2 Å². The molecule has 0 saturated heterocycles. The Kier molecular flexibility index (Phi) is 6.15. The van der Waals surface area contributed by atoms with Crippen molar-refractivity contribution in [2.45, 2.75) is 13.5 Å². The third-order valence-corrected chi connectivity index (χ3v) is 2.55. The molecule has 0 aromatic heterocycles. The Labute approximate surface area is 110 Å². The highest BCUT2D eigenvalue weighted by atomic mass is 35.5. The maximum absolute atomic E-state index is 12.0. The average Bonchev–Trinajstić information content (AvgIpc) is 2.29. The first-order chi connectivity index (χ1) is 8.52. The summed E-state index contributed by atoms with van der Waals surface area (Å²) in [6.45, 7) is 0.516. The average molecular weight is 280 g/mol. The standard InChI is InChI=1S/C12H16ClF2NO2/c1-8(7-17-2)6-16-9-3-4-11(10(13)5-9)18-12(14)15/h3-5,8,12,16H,6-7H2,1-2H3. The van der Waals surface area contributed by atoms with Gasteiger partial charge in [0, 0.05) is 19.3 Å². The SMILES string of the molecule is COCC(C)CNc1ccc(OC(F)F)c(Cl)c1. The Bertz CT molecular complexity index is 377. The van der Waals surface area contributed by atoms with Gasteiger partial charge >= 0.3 is 6.61 Å². The molecular formula is C12H16ClF2NO2. The van der Waals surface area contributed by atoms with Gasteiger partial charge in [-0.05, 0) is 24.1 Å². The molecule has 0 fully saturated rings. The zero-order valence-electron chi connectivity index (χ0n) is 10.3. The maximum Gasteiger partial charge on any atom is 0.387 e. The summed E-state index contributed by atoms with van der Waals surface area (Å²) in [7, 11) is 1.64. The molecule has 1 aromatic rings. The van der Waals surface area contributed by atoms with Crippen molar-refractivity contribution in [3.63, 3.8) is 0 Å². The quantitative estimate of drug-likeness (QED) is 0.827. The minimum Gasteiger partial charge on any atom is -0.433 e. The van der Waals surface area contributed by atoms with Crippen molar-refractivity contribution in [3.8, 4) is 5.75 Å². The van der Waals surface area contributed by atoms with Crippen LogP contribution in [0.25, 0.3) is 0 Å². The summed E-state index contributed by atoms with van der Waals surface area (Å²) in [4.78, 5) is 0. The first-order valence-corrected chi connectivity index (χ1v) is 5.88. The Morgan fingerprint density at radius 3 is 2.67 bits per heavy atom. The summed E-state index contributed by atoms with van der Waals surface area (Å²) < 4.78 is 33.3. The molecule has 1 rings (SSSR count). The van der Waals surface area contributed by atoms with E-state index < -0.39 is 6.61 Å². The van der Waals surface area contributed by atoms with Gasteiger partial charge in [-0.25, -0.2) is 0 Å². The van der Waals surface area contributed by atoms with Gasteiger partial charge in [-0.1, -0.05) is 18.5 Å². The smallest absolute Gasteiger partial charge is 0.387 e. The van der Waals surface area contributed by atoms with Crippen LogP contribution < -0.4 is 10.1 Å². The molecule has 18 heavy (non-hydrogen) atoms. The molecule has 0 heterocycles. The number of nitrogens with one attached hydrogen (secondary N) is 1. The molecule has 0 bridgehead atoms. The van der Waals surface area contributed by atoms with E-state index in [1.165, 1.54) is 6.07 Å². The highest BCUT2D eigenvalue weighted by molar-refractivity contribution is 6.32. The third-order valence-electron chi connectivity index (χ3n) is 2.25. The van der Waals surface area contributed by atoms with Gasteiger partial charge in [0.15, 0.2) is 0 Å². The second kappa shape index (κ2) is 7.38. The van der Waals surface area contributed by atoms with Crippen LogP contribution in [-0.2, 0) is 4.74 Å². The summed E-state index contributed by atoms with van der Waals surface area (Å²) in [6, 6.07) is 4.61. The predicted octanol–water partition coefficient (Wildman–Crippen LogP) is 3.64. The highest BCUT2D eigenvalue weighted by Crippen LogP contribution is 2.28. The molecule has 102 valence electrons. The van der Waals surface area contributed by atoms with Crippen molar-refractivity contribution < 1.29 is 18.3 Å². The third kappa shape index (κ3) is 5.06. The number of benzene rings is 1. The molecule has 0 radical (unpaired) electrons. The lowest BCUT2D eigenvalue weighted by molar-refractivity contribution is -0.0497. The lowest BCUT2D eigenvalue weighted by Crippen LogP contribution is -2.15. The van der Waals surface area contributed by atoms with E-state index in [0.29, 0.717) is 19.1 Å². The van der Waals surface area contributed by atoms with Crippen molar-refractivity contribution in [1.82, 2.24) is 0 Å². The van der Waals surface area contributed by atoms with Crippen LogP contribution in [0.2, 0.25) is 5.02 Å². The largest absolute Gasteiger partial charge is 0.433 e. The van der Waals surface area contributed by atoms with E-state index in [-0.39, 0.29) is 10.8 Å². The molecule has 0 amide bonds. The first kappa shape index (κ1) is 15.0. The molecule has 0 aliphatic heterocycles. The van der Waals surface area contributed by atoms with Crippen LogP contribution in [0.5, 0.6) is 5.75 Å². The van der Waals surface area contributed by atoms with E-state index in [1.54, 1.807) is 19.2 Å². The van der Waals surface area contributed by atoms with E-state index in [0.717, 1.165) is 5.69 Å². The van der Waals surface area contributed by atoms with E-state index in [9.17, 15) is 8.78 Å². The minimum atomic E-state index is -2.87. The second-order valence-corrected chi connectivity index (χ2v) is 4.37. The normalized spacial score (nSPS) is 12.6. The van der Waals surface area contributed by atoms with Gasteiger partial charge in [-0.15, -0.1) is 0 Å². The van der Waals surface area contributed by atoms with Gasteiger partial charge in [0.25, 0.3) is 0 Å². The van der Waals surface area contributed by atoms with Crippen molar-refractivity contribution in [2.75, 3.05) is 25.6 Å².